The molecule has 0 fully saturated rings. The van der Waals surface area contributed by atoms with Crippen molar-refractivity contribution in [1.82, 2.24) is 10.6 Å². The SMILES string of the molecule is CCOC(=O)CCCNC(=NC)NC(C)COC.I. The number of aliphatic imine (C=N–C) groups is 1. The van der Waals surface area contributed by atoms with Crippen molar-refractivity contribution in [1.29, 1.82) is 0 Å². The van der Waals surface area contributed by atoms with Crippen molar-refractivity contribution in [3.8, 4) is 0 Å². The first-order valence-electron chi connectivity index (χ1n) is 6.25. The second-order valence-corrected chi connectivity index (χ2v) is 3.91. The van der Waals surface area contributed by atoms with Crippen LogP contribution in [0.5, 0.6) is 0 Å². The Hall–Kier alpha value is -0.570. The summed E-state index contributed by atoms with van der Waals surface area (Å²) in [5.41, 5.74) is 0. The summed E-state index contributed by atoms with van der Waals surface area (Å²) in [7, 11) is 3.37. The molecule has 0 saturated carbocycles. The van der Waals surface area contributed by atoms with E-state index in [2.05, 4.69) is 15.6 Å². The molecule has 0 aliphatic carbocycles. The van der Waals surface area contributed by atoms with Crippen LogP contribution in [0.3, 0.4) is 0 Å². The van der Waals surface area contributed by atoms with Gasteiger partial charge in [0, 0.05) is 33.2 Å². The zero-order chi connectivity index (χ0) is 13.8. The molecule has 1 atom stereocenters. The number of guanidine groups is 1. The average Bonchev–Trinajstić information content (AvgIpc) is 2.33. The Kier molecular flexibility index (Phi) is 15.1. The molecule has 0 aliphatic rings. The standard InChI is InChI=1S/C12H25N3O3.HI/c1-5-18-11(16)7-6-8-14-12(13-3)15-10(2)9-17-4;/h10H,5-9H2,1-4H3,(H2,13,14,15);1H. The summed E-state index contributed by atoms with van der Waals surface area (Å²) in [5.74, 6) is 0.554. The predicted molar refractivity (Wildman–Crippen MR) is 87.1 cm³/mol. The van der Waals surface area contributed by atoms with Crippen LogP contribution in [0.15, 0.2) is 4.99 Å². The maximum Gasteiger partial charge on any atom is 0.305 e. The summed E-state index contributed by atoms with van der Waals surface area (Å²) < 4.78 is 9.87. The van der Waals surface area contributed by atoms with Gasteiger partial charge >= 0.3 is 5.97 Å². The lowest BCUT2D eigenvalue weighted by atomic mass is 10.3. The van der Waals surface area contributed by atoms with Crippen LogP contribution < -0.4 is 10.6 Å². The second-order valence-electron chi connectivity index (χ2n) is 3.91. The van der Waals surface area contributed by atoms with Crippen molar-refractivity contribution in [3.05, 3.63) is 0 Å². The molecule has 0 radical (unpaired) electrons. The van der Waals surface area contributed by atoms with Gasteiger partial charge < -0.3 is 20.1 Å². The molecule has 0 spiro atoms. The van der Waals surface area contributed by atoms with Crippen LogP contribution in [0.4, 0.5) is 0 Å². The molecule has 6 nitrogen and oxygen atoms in total. The van der Waals surface area contributed by atoms with Crippen LogP contribution in [0.25, 0.3) is 0 Å². The lowest BCUT2D eigenvalue weighted by Gasteiger charge is -2.16. The molecular formula is C12H26IN3O3. The Balaban J connectivity index is 0. The van der Waals surface area contributed by atoms with Gasteiger partial charge in [-0.2, -0.15) is 0 Å². The summed E-state index contributed by atoms with van der Waals surface area (Å²) in [6.07, 6.45) is 1.14. The van der Waals surface area contributed by atoms with Gasteiger partial charge in [0.05, 0.1) is 13.2 Å². The van der Waals surface area contributed by atoms with Crippen molar-refractivity contribution >= 4 is 35.9 Å². The first-order valence-corrected chi connectivity index (χ1v) is 6.25. The first kappa shape index (κ1) is 20.7. The first-order chi connectivity index (χ1) is 8.63. The molecule has 19 heavy (non-hydrogen) atoms. The van der Waals surface area contributed by atoms with Gasteiger partial charge in [0.25, 0.3) is 0 Å². The van der Waals surface area contributed by atoms with E-state index in [1.165, 1.54) is 0 Å². The minimum absolute atomic E-state index is 0. The molecule has 0 aromatic rings. The Labute approximate surface area is 132 Å². The van der Waals surface area contributed by atoms with Crippen LogP contribution >= 0.6 is 24.0 Å². The quantitative estimate of drug-likeness (QED) is 0.215. The molecule has 114 valence electrons. The highest BCUT2D eigenvalue weighted by Crippen LogP contribution is 1.91. The maximum absolute atomic E-state index is 11.1. The third-order valence-corrected chi connectivity index (χ3v) is 2.18. The molecule has 0 aromatic carbocycles. The van der Waals surface area contributed by atoms with E-state index in [0.29, 0.717) is 32.1 Å². The number of nitrogens with one attached hydrogen (secondary N) is 2. The Morgan fingerprint density at radius 1 is 1.42 bits per heavy atom. The molecule has 0 rings (SSSR count). The van der Waals surface area contributed by atoms with E-state index in [1.807, 2.05) is 6.92 Å². The highest BCUT2D eigenvalue weighted by atomic mass is 127. The number of carbonyl (C=O) groups excluding carboxylic acids is 1. The highest BCUT2D eigenvalue weighted by Gasteiger charge is 2.05. The van der Waals surface area contributed by atoms with Gasteiger partial charge in [-0.25, -0.2) is 0 Å². The van der Waals surface area contributed by atoms with Crippen molar-refractivity contribution in [2.45, 2.75) is 32.7 Å². The van der Waals surface area contributed by atoms with Gasteiger partial charge in [-0.3, -0.25) is 9.79 Å². The Morgan fingerprint density at radius 3 is 2.63 bits per heavy atom. The molecule has 0 aromatic heterocycles. The molecule has 0 amide bonds. The molecule has 1 unspecified atom stereocenters. The molecule has 2 N–H and O–H groups in total. The normalized spacial score (nSPS) is 12.3. The zero-order valence-corrected chi connectivity index (χ0v) is 14.5. The number of hydrogen-bond donors (Lipinski definition) is 2. The van der Waals surface area contributed by atoms with E-state index in [-0.39, 0.29) is 36.0 Å². The average molecular weight is 387 g/mol. The van der Waals surface area contributed by atoms with E-state index >= 15 is 0 Å². The number of ether oxygens (including phenoxy) is 2. The van der Waals surface area contributed by atoms with Crippen LogP contribution in [0, 0.1) is 0 Å². The lowest BCUT2D eigenvalue weighted by molar-refractivity contribution is -0.143. The van der Waals surface area contributed by atoms with E-state index in [0.717, 1.165) is 6.42 Å². The molecule has 0 bridgehead atoms. The third-order valence-electron chi connectivity index (χ3n) is 2.18. The van der Waals surface area contributed by atoms with Gasteiger partial charge in [0.1, 0.15) is 0 Å². The van der Waals surface area contributed by atoms with Gasteiger partial charge in [-0.05, 0) is 20.3 Å². The van der Waals surface area contributed by atoms with E-state index in [9.17, 15) is 4.79 Å². The number of carbonyl (C=O) groups is 1. The van der Waals surface area contributed by atoms with Crippen molar-refractivity contribution < 1.29 is 14.3 Å². The maximum atomic E-state index is 11.1. The largest absolute Gasteiger partial charge is 0.466 e. The van der Waals surface area contributed by atoms with Gasteiger partial charge in [-0.1, -0.05) is 0 Å². The second kappa shape index (κ2) is 13.9. The summed E-state index contributed by atoms with van der Waals surface area (Å²) in [6.45, 7) is 5.54. The predicted octanol–water partition coefficient (Wildman–Crippen LogP) is 1.15. The van der Waals surface area contributed by atoms with E-state index in [1.54, 1.807) is 21.1 Å². The summed E-state index contributed by atoms with van der Waals surface area (Å²) in [4.78, 5) is 15.2. The fraction of sp³-hybridized carbons (Fsp3) is 0.833. The van der Waals surface area contributed by atoms with E-state index in [4.69, 9.17) is 9.47 Å². The van der Waals surface area contributed by atoms with Crippen molar-refractivity contribution in [3.63, 3.8) is 0 Å². The number of hydrogen-bond acceptors (Lipinski definition) is 4. The van der Waals surface area contributed by atoms with Crippen LogP contribution in [-0.2, 0) is 14.3 Å². The van der Waals surface area contributed by atoms with Gasteiger partial charge in [0.2, 0.25) is 0 Å². The topological polar surface area (TPSA) is 72.0 Å². The monoisotopic (exact) mass is 387 g/mol. The van der Waals surface area contributed by atoms with E-state index < -0.39 is 0 Å². The zero-order valence-electron chi connectivity index (χ0n) is 12.2. The fourth-order valence-electron chi connectivity index (χ4n) is 1.39. The van der Waals surface area contributed by atoms with Crippen LogP contribution in [0.2, 0.25) is 0 Å². The van der Waals surface area contributed by atoms with Crippen LogP contribution in [-0.4, -0.2) is 51.9 Å². The molecule has 0 heterocycles. The lowest BCUT2D eigenvalue weighted by Crippen LogP contribution is -2.44. The molecular weight excluding hydrogens is 361 g/mol. The smallest absolute Gasteiger partial charge is 0.305 e. The fourth-order valence-corrected chi connectivity index (χ4v) is 1.39. The number of halogens is 1. The number of rotatable bonds is 8. The Bertz CT molecular complexity index is 263. The number of esters is 1. The highest BCUT2D eigenvalue weighted by molar-refractivity contribution is 14.0. The number of methoxy groups -OCH3 is 1. The molecule has 7 heteroatoms. The van der Waals surface area contributed by atoms with Crippen LogP contribution in [0.1, 0.15) is 26.7 Å². The minimum Gasteiger partial charge on any atom is -0.466 e. The minimum atomic E-state index is -0.157. The third kappa shape index (κ3) is 12.2. The summed E-state index contributed by atoms with van der Waals surface area (Å²) in [5, 5.41) is 6.31. The summed E-state index contributed by atoms with van der Waals surface area (Å²) in [6, 6.07) is 0.186. The van der Waals surface area contributed by atoms with Gasteiger partial charge in [-0.15, -0.1) is 24.0 Å². The van der Waals surface area contributed by atoms with Crippen molar-refractivity contribution in [2.75, 3.05) is 33.9 Å². The van der Waals surface area contributed by atoms with Crippen molar-refractivity contribution in [2.24, 2.45) is 4.99 Å². The summed E-state index contributed by atoms with van der Waals surface area (Å²) >= 11 is 0. The van der Waals surface area contributed by atoms with Gasteiger partial charge in [0.15, 0.2) is 5.96 Å². The molecule has 0 aliphatic heterocycles. The molecule has 0 saturated heterocycles. The number of nitrogens with zero attached hydrogens (tertiary/aromatic N) is 1. The Morgan fingerprint density at radius 2 is 2.11 bits per heavy atom.